The van der Waals surface area contributed by atoms with Crippen molar-refractivity contribution in [3.05, 3.63) is 45.9 Å². The summed E-state index contributed by atoms with van der Waals surface area (Å²) >= 11 is 1.18. The highest BCUT2D eigenvalue weighted by molar-refractivity contribution is 7.99. The van der Waals surface area contributed by atoms with Crippen molar-refractivity contribution in [3.8, 4) is 0 Å². The van der Waals surface area contributed by atoms with Crippen LogP contribution in [0, 0.1) is 0 Å². The molecule has 0 atom stereocenters. The van der Waals surface area contributed by atoms with Crippen molar-refractivity contribution in [1.82, 2.24) is 20.2 Å². The molecule has 2 heterocycles. The highest BCUT2D eigenvalue weighted by Gasteiger charge is 2.12. The lowest BCUT2D eigenvalue weighted by Gasteiger charge is -2.07. The van der Waals surface area contributed by atoms with Crippen molar-refractivity contribution in [1.29, 1.82) is 0 Å². The van der Waals surface area contributed by atoms with E-state index in [0.717, 1.165) is 18.5 Å². The van der Waals surface area contributed by atoms with Gasteiger partial charge in [-0.2, -0.15) is 5.10 Å². The zero-order valence-electron chi connectivity index (χ0n) is 12.8. The van der Waals surface area contributed by atoms with E-state index in [9.17, 15) is 9.59 Å². The van der Waals surface area contributed by atoms with Gasteiger partial charge in [-0.3, -0.25) is 14.7 Å². The molecule has 24 heavy (non-hydrogen) atoms. The first-order chi connectivity index (χ1) is 11.7. The normalized spacial score (nSPS) is 13.2. The standard InChI is InChI=1S/C16H15N5O2S/c22-13(18-11-5-4-9-2-1-3-10(9)6-11)8-24-16-19-14-12(7-17-21-14)15(23)20-16/h4-7H,1-3,8H2,(H,18,22)(H2,17,19,20,21,23). The van der Waals surface area contributed by atoms with Gasteiger partial charge in [0.2, 0.25) is 5.91 Å². The average molecular weight is 341 g/mol. The zero-order chi connectivity index (χ0) is 16.5. The number of aromatic amines is 2. The van der Waals surface area contributed by atoms with Crippen molar-refractivity contribution in [2.75, 3.05) is 11.1 Å². The predicted molar refractivity (Wildman–Crippen MR) is 92.3 cm³/mol. The number of fused-ring (bicyclic) bond motifs is 2. The van der Waals surface area contributed by atoms with Gasteiger partial charge in [-0.05, 0) is 42.5 Å². The molecule has 0 radical (unpaired) electrons. The molecule has 3 N–H and O–H groups in total. The molecule has 0 aliphatic heterocycles. The lowest BCUT2D eigenvalue weighted by atomic mass is 10.1. The summed E-state index contributed by atoms with van der Waals surface area (Å²) in [7, 11) is 0. The van der Waals surface area contributed by atoms with Crippen LogP contribution in [0.2, 0.25) is 0 Å². The Kier molecular flexibility index (Phi) is 3.81. The first kappa shape index (κ1) is 14.9. The fraction of sp³-hybridized carbons (Fsp3) is 0.250. The Morgan fingerprint density at radius 3 is 3.08 bits per heavy atom. The molecule has 3 aromatic rings. The van der Waals surface area contributed by atoms with E-state index in [2.05, 4.69) is 31.5 Å². The number of amides is 1. The maximum absolute atomic E-state index is 12.1. The first-order valence-corrected chi connectivity index (χ1v) is 8.65. The molecule has 1 amide bonds. The smallest absolute Gasteiger partial charge is 0.262 e. The lowest BCUT2D eigenvalue weighted by molar-refractivity contribution is -0.113. The fourth-order valence-corrected chi connectivity index (χ4v) is 3.53. The third-order valence-electron chi connectivity index (χ3n) is 4.02. The van der Waals surface area contributed by atoms with Gasteiger partial charge in [-0.15, -0.1) is 0 Å². The quantitative estimate of drug-likeness (QED) is 0.496. The van der Waals surface area contributed by atoms with Crippen LogP contribution in [-0.2, 0) is 17.6 Å². The van der Waals surface area contributed by atoms with Gasteiger partial charge in [-0.25, -0.2) is 4.98 Å². The number of anilines is 1. The van der Waals surface area contributed by atoms with Crippen molar-refractivity contribution in [2.24, 2.45) is 0 Å². The average Bonchev–Trinajstić information content (AvgIpc) is 3.21. The van der Waals surface area contributed by atoms with E-state index in [-0.39, 0.29) is 17.2 Å². The minimum absolute atomic E-state index is 0.134. The number of benzene rings is 1. The molecule has 0 saturated heterocycles. The number of aromatic nitrogens is 4. The molecule has 1 aliphatic rings. The van der Waals surface area contributed by atoms with E-state index in [4.69, 9.17) is 0 Å². The molecule has 2 aromatic heterocycles. The van der Waals surface area contributed by atoms with Gasteiger partial charge in [0.05, 0.1) is 11.9 Å². The summed E-state index contributed by atoms with van der Waals surface area (Å²) in [6.07, 6.45) is 4.80. The third kappa shape index (κ3) is 2.92. The topological polar surface area (TPSA) is 104 Å². The summed E-state index contributed by atoms with van der Waals surface area (Å²) in [5.74, 6) is 0.0324. The van der Waals surface area contributed by atoms with Crippen molar-refractivity contribution < 1.29 is 4.79 Å². The Bertz CT molecular complexity index is 978. The van der Waals surface area contributed by atoms with E-state index >= 15 is 0 Å². The number of thioether (sulfide) groups is 1. The Morgan fingerprint density at radius 2 is 2.17 bits per heavy atom. The minimum atomic E-state index is -0.268. The summed E-state index contributed by atoms with van der Waals surface area (Å²) in [6, 6.07) is 6.06. The van der Waals surface area contributed by atoms with E-state index in [0.29, 0.717) is 16.2 Å². The van der Waals surface area contributed by atoms with Crippen LogP contribution in [0.25, 0.3) is 11.0 Å². The number of hydrogen-bond acceptors (Lipinski definition) is 5. The summed E-state index contributed by atoms with van der Waals surface area (Å²) in [4.78, 5) is 30.8. The van der Waals surface area contributed by atoms with Crippen molar-refractivity contribution in [2.45, 2.75) is 24.4 Å². The maximum atomic E-state index is 12.1. The number of carbonyl (C=O) groups is 1. The van der Waals surface area contributed by atoms with Crippen LogP contribution in [0.5, 0.6) is 0 Å². The Morgan fingerprint density at radius 1 is 1.29 bits per heavy atom. The maximum Gasteiger partial charge on any atom is 0.262 e. The first-order valence-electron chi connectivity index (χ1n) is 7.67. The number of hydrogen-bond donors (Lipinski definition) is 3. The van der Waals surface area contributed by atoms with Crippen LogP contribution in [0.15, 0.2) is 34.3 Å². The largest absolute Gasteiger partial charge is 0.325 e. The van der Waals surface area contributed by atoms with Gasteiger partial charge in [0.1, 0.15) is 5.39 Å². The van der Waals surface area contributed by atoms with Gasteiger partial charge in [0.15, 0.2) is 10.8 Å². The second kappa shape index (κ2) is 6.12. The highest BCUT2D eigenvalue weighted by Crippen LogP contribution is 2.25. The van der Waals surface area contributed by atoms with Gasteiger partial charge in [0.25, 0.3) is 5.56 Å². The molecule has 122 valence electrons. The van der Waals surface area contributed by atoms with Crippen molar-refractivity contribution >= 4 is 34.4 Å². The van der Waals surface area contributed by atoms with Gasteiger partial charge >= 0.3 is 0 Å². The number of nitrogens with zero attached hydrogens (tertiary/aromatic N) is 2. The van der Waals surface area contributed by atoms with Crippen LogP contribution in [-0.4, -0.2) is 31.8 Å². The van der Waals surface area contributed by atoms with E-state index in [1.807, 2.05) is 12.1 Å². The van der Waals surface area contributed by atoms with Crippen molar-refractivity contribution in [3.63, 3.8) is 0 Å². The Balaban J connectivity index is 1.41. The second-order valence-electron chi connectivity index (χ2n) is 5.68. The molecule has 1 aliphatic carbocycles. The number of aryl methyl sites for hydroxylation is 2. The number of carbonyl (C=O) groups excluding carboxylic acids is 1. The molecule has 0 spiro atoms. The Labute approximate surface area is 141 Å². The molecule has 0 fully saturated rings. The van der Waals surface area contributed by atoms with Gasteiger partial charge < -0.3 is 10.3 Å². The van der Waals surface area contributed by atoms with E-state index in [1.54, 1.807) is 0 Å². The third-order valence-corrected chi connectivity index (χ3v) is 4.89. The molecular formula is C16H15N5O2S. The van der Waals surface area contributed by atoms with Crippen LogP contribution in [0.3, 0.4) is 0 Å². The summed E-state index contributed by atoms with van der Waals surface area (Å²) < 4.78 is 0. The van der Waals surface area contributed by atoms with Crippen LogP contribution < -0.4 is 10.9 Å². The summed E-state index contributed by atoms with van der Waals surface area (Å²) in [6.45, 7) is 0. The Hall–Kier alpha value is -2.61. The summed E-state index contributed by atoms with van der Waals surface area (Å²) in [5, 5.41) is 10.1. The molecule has 4 rings (SSSR count). The lowest BCUT2D eigenvalue weighted by Crippen LogP contribution is -2.15. The van der Waals surface area contributed by atoms with E-state index < -0.39 is 0 Å². The number of H-pyrrole nitrogens is 2. The molecular weight excluding hydrogens is 326 g/mol. The molecule has 8 heteroatoms. The van der Waals surface area contributed by atoms with E-state index in [1.165, 1.54) is 35.5 Å². The monoisotopic (exact) mass is 341 g/mol. The van der Waals surface area contributed by atoms with Gasteiger partial charge in [0, 0.05) is 5.69 Å². The second-order valence-corrected chi connectivity index (χ2v) is 6.64. The highest BCUT2D eigenvalue weighted by atomic mass is 32.2. The van der Waals surface area contributed by atoms with Gasteiger partial charge in [-0.1, -0.05) is 17.8 Å². The molecule has 1 aromatic carbocycles. The summed E-state index contributed by atoms with van der Waals surface area (Å²) in [5.41, 5.74) is 3.65. The minimum Gasteiger partial charge on any atom is -0.325 e. The van der Waals surface area contributed by atoms with Crippen LogP contribution >= 0.6 is 11.8 Å². The zero-order valence-corrected chi connectivity index (χ0v) is 13.6. The molecule has 7 nitrogen and oxygen atoms in total. The number of nitrogens with one attached hydrogen (secondary N) is 3. The molecule has 0 saturated carbocycles. The fourth-order valence-electron chi connectivity index (χ4n) is 2.87. The van der Waals surface area contributed by atoms with Crippen LogP contribution in [0.4, 0.5) is 5.69 Å². The molecule has 0 unspecified atom stereocenters. The molecule has 0 bridgehead atoms. The SMILES string of the molecule is O=C(CSc1nc2[nH]ncc2c(=O)[nH]1)Nc1ccc2c(c1)CCC2. The number of rotatable bonds is 4. The predicted octanol–water partition coefficient (Wildman–Crippen LogP) is 1.87. The van der Waals surface area contributed by atoms with Crippen LogP contribution in [0.1, 0.15) is 17.5 Å².